The van der Waals surface area contributed by atoms with E-state index in [2.05, 4.69) is 10.6 Å². The number of carbonyl (C=O) groups is 2. The van der Waals surface area contributed by atoms with Crippen molar-refractivity contribution in [3.8, 4) is 0 Å². The van der Waals surface area contributed by atoms with Gasteiger partial charge in [-0.15, -0.1) is 0 Å². The van der Waals surface area contributed by atoms with Crippen molar-refractivity contribution in [1.82, 2.24) is 5.32 Å². The molecular weight excluding hydrogens is 227 g/mol. The number of anilines is 1. The first-order chi connectivity index (χ1) is 7.99. The fourth-order valence-electron chi connectivity index (χ4n) is 1.07. The maximum Gasteiger partial charge on any atom is 0.320 e. The van der Waals surface area contributed by atoms with Gasteiger partial charge in [0.25, 0.3) is 0 Å². The van der Waals surface area contributed by atoms with Crippen LogP contribution in [0, 0.1) is 5.82 Å². The lowest BCUT2D eigenvalue weighted by Crippen LogP contribution is -2.39. The highest BCUT2D eigenvalue weighted by Crippen LogP contribution is 2.07. The second kappa shape index (κ2) is 5.95. The largest absolute Gasteiger partial charge is 0.480 e. The molecule has 0 aliphatic heterocycles. The van der Waals surface area contributed by atoms with E-state index < -0.39 is 12.0 Å². The molecule has 1 atom stereocenters. The number of carboxylic acid groups (broad SMARTS) is 1. The zero-order valence-electron chi connectivity index (χ0n) is 9.24. The highest BCUT2D eigenvalue weighted by Gasteiger charge is 2.11. The zero-order valence-corrected chi connectivity index (χ0v) is 9.24. The topological polar surface area (TPSA) is 78.4 Å². The van der Waals surface area contributed by atoms with Crippen molar-refractivity contribution in [2.45, 2.75) is 13.0 Å². The first-order valence-corrected chi connectivity index (χ1v) is 5.00. The lowest BCUT2D eigenvalue weighted by atomic mass is 10.3. The van der Waals surface area contributed by atoms with E-state index in [0.717, 1.165) is 0 Å². The summed E-state index contributed by atoms with van der Waals surface area (Å²) in [6.45, 7) is 1.32. The van der Waals surface area contributed by atoms with Crippen molar-refractivity contribution in [3.05, 3.63) is 30.1 Å². The predicted octanol–water partition coefficient (Wildman–Crippen LogP) is 0.827. The SMILES string of the molecule is CC(NCC(=O)Nc1ccc(F)cc1)C(=O)O. The standard InChI is InChI=1S/C11H13FN2O3/c1-7(11(16)17)13-6-10(15)14-9-4-2-8(12)3-5-9/h2-5,7,13H,6H2,1H3,(H,14,15)(H,16,17). The fourth-order valence-corrected chi connectivity index (χ4v) is 1.07. The third kappa shape index (κ3) is 4.60. The van der Waals surface area contributed by atoms with Gasteiger partial charge in [-0.2, -0.15) is 0 Å². The van der Waals surface area contributed by atoms with Gasteiger partial charge in [-0.05, 0) is 31.2 Å². The van der Waals surface area contributed by atoms with Gasteiger partial charge in [0.15, 0.2) is 0 Å². The predicted molar refractivity (Wildman–Crippen MR) is 60.1 cm³/mol. The molecule has 1 aromatic carbocycles. The Labute approximate surface area is 97.6 Å². The highest BCUT2D eigenvalue weighted by atomic mass is 19.1. The number of benzene rings is 1. The van der Waals surface area contributed by atoms with Crippen molar-refractivity contribution >= 4 is 17.6 Å². The molecule has 1 rings (SSSR count). The Morgan fingerprint density at radius 1 is 1.35 bits per heavy atom. The van der Waals surface area contributed by atoms with E-state index in [1.165, 1.54) is 31.2 Å². The molecule has 1 aromatic rings. The van der Waals surface area contributed by atoms with Crippen LogP contribution in [0.1, 0.15) is 6.92 Å². The molecule has 0 spiro atoms. The van der Waals surface area contributed by atoms with Gasteiger partial charge in [0.05, 0.1) is 6.54 Å². The number of amides is 1. The van der Waals surface area contributed by atoms with E-state index >= 15 is 0 Å². The van der Waals surface area contributed by atoms with Crippen LogP contribution in [-0.4, -0.2) is 29.6 Å². The Kier molecular flexibility index (Phi) is 4.59. The number of rotatable bonds is 5. The number of halogens is 1. The molecule has 0 radical (unpaired) electrons. The van der Waals surface area contributed by atoms with Crippen LogP contribution in [0.15, 0.2) is 24.3 Å². The highest BCUT2D eigenvalue weighted by molar-refractivity contribution is 5.92. The van der Waals surface area contributed by atoms with Gasteiger partial charge in [0, 0.05) is 5.69 Å². The number of hydrogen-bond donors (Lipinski definition) is 3. The van der Waals surface area contributed by atoms with Crippen LogP contribution in [0.4, 0.5) is 10.1 Å². The van der Waals surface area contributed by atoms with Gasteiger partial charge >= 0.3 is 5.97 Å². The second-order valence-electron chi connectivity index (χ2n) is 3.50. The molecule has 1 unspecified atom stereocenters. The van der Waals surface area contributed by atoms with Gasteiger partial charge in [-0.3, -0.25) is 14.9 Å². The molecule has 3 N–H and O–H groups in total. The maximum absolute atomic E-state index is 12.6. The zero-order chi connectivity index (χ0) is 12.8. The summed E-state index contributed by atoms with van der Waals surface area (Å²) in [6, 6.07) is 4.50. The molecule has 0 saturated heterocycles. The molecule has 17 heavy (non-hydrogen) atoms. The van der Waals surface area contributed by atoms with Crippen LogP contribution in [0.3, 0.4) is 0 Å². The summed E-state index contributed by atoms with van der Waals surface area (Å²) in [5, 5.41) is 13.6. The molecule has 0 fully saturated rings. The van der Waals surface area contributed by atoms with Crippen LogP contribution in [-0.2, 0) is 9.59 Å². The molecule has 0 bridgehead atoms. The summed E-state index contributed by atoms with van der Waals surface area (Å²) in [6.07, 6.45) is 0. The summed E-state index contributed by atoms with van der Waals surface area (Å²) >= 11 is 0. The number of carbonyl (C=O) groups excluding carboxylic acids is 1. The van der Waals surface area contributed by atoms with Crippen LogP contribution in [0.2, 0.25) is 0 Å². The summed E-state index contributed by atoms with van der Waals surface area (Å²) in [5.74, 6) is -1.80. The third-order valence-electron chi connectivity index (χ3n) is 2.07. The van der Waals surface area contributed by atoms with Crippen LogP contribution in [0.25, 0.3) is 0 Å². The van der Waals surface area contributed by atoms with E-state index in [1.807, 2.05) is 0 Å². The van der Waals surface area contributed by atoms with E-state index in [-0.39, 0.29) is 18.3 Å². The normalized spacial score (nSPS) is 11.9. The minimum Gasteiger partial charge on any atom is -0.480 e. The molecule has 0 aromatic heterocycles. The van der Waals surface area contributed by atoms with Crippen molar-refractivity contribution < 1.29 is 19.1 Å². The Morgan fingerprint density at radius 2 is 1.94 bits per heavy atom. The number of nitrogens with one attached hydrogen (secondary N) is 2. The van der Waals surface area contributed by atoms with Crippen LogP contribution < -0.4 is 10.6 Å². The van der Waals surface area contributed by atoms with Gasteiger partial charge in [-0.1, -0.05) is 0 Å². The smallest absolute Gasteiger partial charge is 0.320 e. The molecule has 1 amide bonds. The number of carboxylic acids is 1. The Balaban J connectivity index is 2.39. The van der Waals surface area contributed by atoms with Gasteiger partial charge in [-0.25, -0.2) is 4.39 Å². The first kappa shape index (κ1) is 13.1. The summed E-state index contributed by atoms with van der Waals surface area (Å²) in [5.41, 5.74) is 0.459. The summed E-state index contributed by atoms with van der Waals surface area (Å²) in [7, 11) is 0. The van der Waals surface area contributed by atoms with E-state index in [0.29, 0.717) is 5.69 Å². The quantitative estimate of drug-likeness (QED) is 0.712. The molecule has 0 aliphatic carbocycles. The molecule has 0 aliphatic rings. The molecule has 0 heterocycles. The van der Waals surface area contributed by atoms with E-state index in [9.17, 15) is 14.0 Å². The van der Waals surface area contributed by atoms with E-state index in [4.69, 9.17) is 5.11 Å². The van der Waals surface area contributed by atoms with Crippen molar-refractivity contribution in [2.24, 2.45) is 0 Å². The fraction of sp³-hybridized carbons (Fsp3) is 0.273. The first-order valence-electron chi connectivity index (χ1n) is 5.00. The van der Waals surface area contributed by atoms with Gasteiger partial charge in [0.1, 0.15) is 11.9 Å². The van der Waals surface area contributed by atoms with Gasteiger partial charge in [0.2, 0.25) is 5.91 Å². The van der Waals surface area contributed by atoms with E-state index in [1.54, 1.807) is 0 Å². The van der Waals surface area contributed by atoms with Crippen LogP contribution in [0.5, 0.6) is 0 Å². The molecule has 5 nitrogen and oxygen atoms in total. The average Bonchev–Trinajstić information content (AvgIpc) is 2.29. The van der Waals surface area contributed by atoms with Crippen molar-refractivity contribution in [1.29, 1.82) is 0 Å². The minimum absolute atomic E-state index is 0.120. The molecule has 0 saturated carbocycles. The summed E-state index contributed by atoms with van der Waals surface area (Å²) < 4.78 is 12.6. The number of hydrogen-bond acceptors (Lipinski definition) is 3. The third-order valence-corrected chi connectivity index (χ3v) is 2.07. The monoisotopic (exact) mass is 240 g/mol. The summed E-state index contributed by atoms with van der Waals surface area (Å²) in [4.78, 5) is 21.8. The lowest BCUT2D eigenvalue weighted by Gasteiger charge is -2.09. The Bertz CT molecular complexity index is 406. The maximum atomic E-state index is 12.6. The average molecular weight is 240 g/mol. The second-order valence-corrected chi connectivity index (χ2v) is 3.50. The van der Waals surface area contributed by atoms with Crippen LogP contribution >= 0.6 is 0 Å². The molecular formula is C11H13FN2O3. The Hall–Kier alpha value is -1.95. The van der Waals surface area contributed by atoms with Crippen molar-refractivity contribution in [3.63, 3.8) is 0 Å². The lowest BCUT2D eigenvalue weighted by molar-refractivity contribution is -0.139. The van der Waals surface area contributed by atoms with Crippen molar-refractivity contribution in [2.75, 3.05) is 11.9 Å². The molecule has 92 valence electrons. The Morgan fingerprint density at radius 3 is 2.47 bits per heavy atom. The van der Waals surface area contributed by atoms with Gasteiger partial charge < -0.3 is 10.4 Å². The number of aliphatic carboxylic acids is 1. The molecule has 6 heteroatoms. The minimum atomic E-state index is -1.03.